The molecule has 0 aliphatic rings. The number of halogens is 2. The van der Waals surface area contributed by atoms with E-state index < -0.39 is 5.91 Å². The zero-order chi connectivity index (χ0) is 20.7. The first-order valence-electron chi connectivity index (χ1n) is 8.24. The molecule has 2 aromatic carbocycles. The number of carbonyl (C=O) groups is 1. The van der Waals surface area contributed by atoms with Crippen LogP contribution in [0.1, 0.15) is 18.5 Å². The summed E-state index contributed by atoms with van der Waals surface area (Å²) in [4.78, 5) is 12.5. The highest BCUT2D eigenvalue weighted by Crippen LogP contribution is 2.30. The summed E-state index contributed by atoms with van der Waals surface area (Å²) in [5.74, 6) is 0.606. The summed E-state index contributed by atoms with van der Waals surface area (Å²) in [5, 5.41) is 15.8. The highest BCUT2D eigenvalue weighted by Gasteiger charge is 2.16. The molecule has 0 saturated heterocycles. The minimum atomic E-state index is -0.532. The summed E-state index contributed by atoms with van der Waals surface area (Å²) in [6.07, 6.45) is 1.29. The van der Waals surface area contributed by atoms with Crippen LogP contribution in [0.5, 0.6) is 11.5 Å². The predicted octanol–water partition coefficient (Wildman–Crippen LogP) is 4.71. The molecule has 0 aliphatic carbocycles. The van der Waals surface area contributed by atoms with E-state index in [4.69, 9.17) is 32.7 Å². The number of amides is 1. The van der Waals surface area contributed by atoms with E-state index >= 15 is 0 Å². The molecule has 0 spiro atoms. The predicted molar refractivity (Wildman–Crippen MR) is 110 cm³/mol. The molecule has 146 valence electrons. The number of anilines is 1. The summed E-state index contributed by atoms with van der Waals surface area (Å²) in [5.41, 5.74) is 1.18. The summed E-state index contributed by atoms with van der Waals surface area (Å²) in [6, 6.07) is 11.7. The lowest BCUT2D eigenvalue weighted by Crippen LogP contribution is -2.28. The average Bonchev–Trinajstić information content (AvgIpc) is 2.70. The van der Waals surface area contributed by atoms with Crippen LogP contribution in [0.3, 0.4) is 0 Å². The molecular formula is C20H19Cl2N3O3. The maximum Gasteiger partial charge on any atom is 0.263 e. The highest BCUT2D eigenvalue weighted by molar-refractivity contribution is 6.35. The van der Waals surface area contributed by atoms with Gasteiger partial charge in [0.2, 0.25) is 0 Å². The summed E-state index contributed by atoms with van der Waals surface area (Å²) in [7, 11) is 3.08. The molecule has 0 radical (unpaired) electrons. The fourth-order valence-corrected chi connectivity index (χ4v) is 2.73. The highest BCUT2D eigenvalue weighted by atomic mass is 35.5. The third-order valence-electron chi connectivity index (χ3n) is 3.92. The molecule has 1 unspecified atom stereocenters. The molecule has 8 heteroatoms. The topological polar surface area (TPSA) is 83.4 Å². The van der Waals surface area contributed by atoms with Crippen molar-refractivity contribution in [2.45, 2.75) is 13.0 Å². The molecular weight excluding hydrogens is 401 g/mol. The van der Waals surface area contributed by atoms with Crippen LogP contribution < -0.4 is 20.1 Å². The molecule has 0 aliphatic heterocycles. The molecule has 6 nitrogen and oxygen atoms in total. The number of rotatable bonds is 7. The van der Waals surface area contributed by atoms with Crippen molar-refractivity contribution in [3.8, 4) is 17.6 Å². The molecule has 0 bridgehead atoms. The molecule has 2 rings (SSSR count). The van der Waals surface area contributed by atoms with E-state index in [1.54, 1.807) is 44.4 Å². The molecule has 0 saturated carbocycles. The lowest BCUT2D eigenvalue weighted by atomic mass is 10.1. The minimum Gasteiger partial charge on any atom is -0.493 e. The Morgan fingerprint density at radius 1 is 1.14 bits per heavy atom. The van der Waals surface area contributed by atoms with Gasteiger partial charge in [-0.25, -0.2) is 0 Å². The third kappa shape index (κ3) is 5.32. The first-order valence-corrected chi connectivity index (χ1v) is 8.99. The second-order valence-electron chi connectivity index (χ2n) is 5.75. The van der Waals surface area contributed by atoms with Gasteiger partial charge in [-0.05, 0) is 42.8 Å². The molecule has 1 atom stereocenters. The Balaban J connectivity index is 2.13. The Morgan fingerprint density at radius 3 is 2.50 bits per heavy atom. The number of nitrogens with one attached hydrogen (secondary N) is 2. The molecule has 28 heavy (non-hydrogen) atoms. The number of hydrogen-bond acceptors (Lipinski definition) is 5. The van der Waals surface area contributed by atoms with Crippen molar-refractivity contribution in [2.24, 2.45) is 0 Å². The van der Waals surface area contributed by atoms with Crippen LogP contribution in [-0.2, 0) is 4.79 Å². The zero-order valence-corrected chi connectivity index (χ0v) is 17.1. The van der Waals surface area contributed by atoms with Crippen LogP contribution in [0, 0.1) is 11.3 Å². The number of hydrogen-bond donors (Lipinski definition) is 2. The average molecular weight is 420 g/mol. The van der Waals surface area contributed by atoms with Gasteiger partial charge in [0.25, 0.3) is 5.91 Å². The van der Waals surface area contributed by atoms with E-state index in [0.29, 0.717) is 27.2 Å². The Labute approximate surface area is 173 Å². The fraction of sp³-hybridized carbons (Fsp3) is 0.200. The van der Waals surface area contributed by atoms with Crippen LogP contribution in [0.15, 0.2) is 48.2 Å². The SMILES string of the molecule is COc1ccc(C(C)NC(=O)/C(C#N)=C\Nc2cc(Cl)ccc2Cl)cc1OC. The van der Waals surface area contributed by atoms with Gasteiger partial charge in [-0.2, -0.15) is 5.26 Å². The van der Waals surface area contributed by atoms with E-state index in [1.165, 1.54) is 13.3 Å². The largest absolute Gasteiger partial charge is 0.493 e. The maximum absolute atomic E-state index is 12.5. The summed E-state index contributed by atoms with van der Waals surface area (Å²) in [6.45, 7) is 1.80. The van der Waals surface area contributed by atoms with Crippen LogP contribution in [0.2, 0.25) is 10.0 Å². The lowest BCUT2D eigenvalue weighted by molar-refractivity contribution is -0.117. The van der Waals surface area contributed by atoms with E-state index in [1.807, 2.05) is 12.1 Å². The Kier molecular flexibility index (Phi) is 7.56. The number of methoxy groups -OCH3 is 2. The van der Waals surface area contributed by atoms with Crippen molar-refractivity contribution in [3.05, 3.63) is 63.8 Å². The second-order valence-corrected chi connectivity index (χ2v) is 6.59. The van der Waals surface area contributed by atoms with Crippen LogP contribution >= 0.6 is 23.2 Å². The van der Waals surface area contributed by atoms with Crippen LogP contribution in [0.4, 0.5) is 5.69 Å². The standard InChI is InChI=1S/C20H19Cl2N3O3/c1-12(13-4-7-18(27-2)19(8-13)28-3)25-20(26)14(10-23)11-24-17-9-15(21)5-6-16(17)22/h4-9,11-12,24H,1-3H3,(H,25,26)/b14-11-. The number of nitriles is 1. The van der Waals surface area contributed by atoms with Gasteiger partial charge in [-0.15, -0.1) is 0 Å². The lowest BCUT2D eigenvalue weighted by Gasteiger charge is -2.16. The molecule has 0 fully saturated rings. The first-order chi connectivity index (χ1) is 13.4. The quantitative estimate of drug-likeness (QED) is 0.501. The van der Waals surface area contributed by atoms with E-state index in [0.717, 1.165) is 5.56 Å². The van der Waals surface area contributed by atoms with Gasteiger partial charge in [0, 0.05) is 11.2 Å². The molecule has 0 aromatic heterocycles. The van der Waals surface area contributed by atoms with Crippen molar-refractivity contribution in [1.82, 2.24) is 5.32 Å². The second kappa shape index (κ2) is 9.88. The van der Waals surface area contributed by atoms with Gasteiger partial charge in [0.05, 0.1) is 31.0 Å². The molecule has 0 heterocycles. The Bertz CT molecular complexity index is 939. The van der Waals surface area contributed by atoms with Gasteiger partial charge < -0.3 is 20.1 Å². The van der Waals surface area contributed by atoms with Crippen molar-refractivity contribution < 1.29 is 14.3 Å². The van der Waals surface area contributed by atoms with Crippen LogP contribution in [-0.4, -0.2) is 20.1 Å². The first kappa shape index (κ1) is 21.4. The summed E-state index contributed by atoms with van der Waals surface area (Å²) < 4.78 is 10.5. The van der Waals surface area contributed by atoms with Gasteiger partial charge in [-0.3, -0.25) is 4.79 Å². The van der Waals surface area contributed by atoms with Gasteiger partial charge in [0.15, 0.2) is 11.5 Å². The molecule has 2 aromatic rings. The summed E-state index contributed by atoms with van der Waals surface area (Å²) >= 11 is 12.0. The van der Waals surface area contributed by atoms with Gasteiger partial charge >= 0.3 is 0 Å². The Morgan fingerprint density at radius 2 is 1.86 bits per heavy atom. The van der Waals surface area contributed by atoms with E-state index in [2.05, 4.69) is 10.6 Å². The van der Waals surface area contributed by atoms with Crippen molar-refractivity contribution in [3.63, 3.8) is 0 Å². The molecule has 1 amide bonds. The van der Waals surface area contributed by atoms with Gasteiger partial charge in [-0.1, -0.05) is 29.3 Å². The number of ether oxygens (including phenoxy) is 2. The normalized spacial score (nSPS) is 11.9. The monoisotopic (exact) mass is 419 g/mol. The maximum atomic E-state index is 12.5. The minimum absolute atomic E-state index is 0.108. The fourth-order valence-electron chi connectivity index (χ4n) is 2.39. The third-order valence-corrected chi connectivity index (χ3v) is 4.49. The van der Waals surface area contributed by atoms with Crippen molar-refractivity contribution in [2.75, 3.05) is 19.5 Å². The smallest absolute Gasteiger partial charge is 0.263 e. The van der Waals surface area contributed by atoms with Crippen molar-refractivity contribution in [1.29, 1.82) is 5.26 Å². The zero-order valence-electron chi connectivity index (χ0n) is 15.5. The number of benzene rings is 2. The van der Waals surface area contributed by atoms with Crippen molar-refractivity contribution >= 4 is 34.8 Å². The van der Waals surface area contributed by atoms with E-state index in [-0.39, 0.29) is 11.6 Å². The number of nitrogens with zero attached hydrogens (tertiary/aromatic N) is 1. The van der Waals surface area contributed by atoms with Crippen LogP contribution in [0.25, 0.3) is 0 Å². The number of carbonyl (C=O) groups excluding carboxylic acids is 1. The van der Waals surface area contributed by atoms with Gasteiger partial charge in [0.1, 0.15) is 11.6 Å². The van der Waals surface area contributed by atoms with E-state index in [9.17, 15) is 10.1 Å². The molecule has 2 N–H and O–H groups in total. The Hall–Kier alpha value is -2.88.